The minimum Gasteiger partial charge on any atom is -0.379 e. The van der Waals surface area contributed by atoms with E-state index in [4.69, 9.17) is 14.2 Å². The Labute approximate surface area is 91.4 Å². The molecule has 0 aromatic rings. The summed E-state index contributed by atoms with van der Waals surface area (Å²) in [5.74, 6) is 0. The molecule has 0 aromatic carbocycles. The van der Waals surface area contributed by atoms with Gasteiger partial charge >= 0.3 is 0 Å². The van der Waals surface area contributed by atoms with Crippen LogP contribution in [0.15, 0.2) is 12.2 Å². The Balaban J connectivity index is 1.88. The average Bonchev–Trinajstić information content (AvgIpc) is 2.32. The molecule has 0 N–H and O–H groups in total. The van der Waals surface area contributed by atoms with Crippen LogP contribution in [-0.4, -0.2) is 38.6 Å². The molecule has 0 unspecified atom stereocenters. The third-order valence-electron chi connectivity index (χ3n) is 2.89. The molecule has 2 heterocycles. The van der Waals surface area contributed by atoms with Crippen LogP contribution in [0.25, 0.3) is 0 Å². The SMILES string of the molecule is C1=C/CO[C@H]2CCCO[C@@H]2COCCC/1. The van der Waals surface area contributed by atoms with Crippen molar-refractivity contribution in [1.29, 1.82) is 0 Å². The molecule has 0 saturated carbocycles. The van der Waals surface area contributed by atoms with Crippen molar-refractivity contribution in [1.82, 2.24) is 0 Å². The summed E-state index contributed by atoms with van der Waals surface area (Å²) in [6.07, 6.45) is 9.02. The second kappa shape index (κ2) is 6.26. The zero-order chi connectivity index (χ0) is 10.3. The van der Waals surface area contributed by atoms with Crippen molar-refractivity contribution in [2.45, 2.75) is 37.9 Å². The first-order valence-electron chi connectivity index (χ1n) is 5.93. The molecule has 0 spiro atoms. The molecule has 0 aromatic heterocycles. The summed E-state index contributed by atoms with van der Waals surface area (Å²) in [4.78, 5) is 0. The van der Waals surface area contributed by atoms with Crippen molar-refractivity contribution in [2.75, 3.05) is 26.4 Å². The van der Waals surface area contributed by atoms with Crippen LogP contribution in [0.5, 0.6) is 0 Å². The smallest absolute Gasteiger partial charge is 0.107 e. The number of hydrogen-bond acceptors (Lipinski definition) is 3. The normalized spacial score (nSPS) is 36.3. The van der Waals surface area contributed by atoms with Crippen LogP contribution < -0.4 is 0 Å². The van der Waals surface area contributed by atoms with E-state index < -0.39 is 0 Å². The standard InChI is InChI=1S/C12H20O3/c1-2-4-8-14-11-6-5-9-15-12(11)10-13-7-3-1/h2,4,11-12H,1,3,5-10H2/b4-2+/t11-,12+/m0/s1. The van der Waals surface area contributed by atoms with Gasteiger partial charge in [-0.15, -0.1) is 0 Å². The number of fused-ring (bicyclic) bond motifs is 1. The predicted molar refractivity (Wildman–Crippen MR) is 57.9 cm³/mol. The second-order valence-electron chi connectivity index (χ2n) is 4.11. The molecule has 2 rings (SSSR count). The zero-order valence-electron chi connectivity index (χ0n) is 9.19. The Hall–Kier alpha value is -0.380. The highest BCUT2D eigenvalue weighted by molar-refractivity contribution is 4.84. The first-order valence-corrected chi connectivity index (χ1v) is 5.93. The molecule has 1 saturated heterocycles. The van der Waals surface area contributed by atoms with Gasteiger partial charge < -0.3 is 14.2 Å². The maximum Gasteiger partial charge on any atom is 0.107 e. The van der Waals surface area contributed by atoms with Crippen molar-refractivity contribution in [3.63, 3.8) is 0 Å². The maximum absolute atomic E-state index is 5.79. The molecule has 0 aliphatic carbocycles. The van der Waals surface area contributed by atoms with Crippen LogP contribution in [-0.2, 0) is 14.2 Å². The largest absolute Gasteiger partial charge is 0.379 e. The summed E-state index contributed by atoms with van der Waals surface area (Å²) in [5.41, 5.74) is 0. The topological polar surface area (TPSA) is 27.7 Å². The molecule has 0 bridgehead atoms. The molecule has 15 heavy (non-hydrogen) atoms. The summed E-state index contributed by atoms with van der Waals surface area (Å²) in [5, 5.41) is 0. The Morgan fingerprint density at radius 1 is 0.933 bits per heavy atom. The van der Waals surface area contributed by atoms with Gasteiger partial charge in [0.25, 0.3) is 0 Å². The molecular formula is C12H20O3. The lowest BCUT2D eigenvalue weighted by Crippen LogP contribution is -2.39. The van der Waals surface area contributed by atoms with Crippen molar-refractivity contribution < 1.29 is 14.2 Å². The number of rotatable bonds is 0. The van der Waals surface area contributed by atoms with E-state index in [0.29, 0.717) is 13.2 Å². The van der Waals surface area contributed by atoms with Gasteiger partial charge in [0.05, 0.1) is 19.3 Å². The lowest BCUT2D eigenvalue weighted by molar-refractivity contribution is -0.125. The first kappa shape index (κ1) is 11.1. The Bertz CT molecular complexity index is 203. The summed E-state index contributed by atoms with van der Waals surface area (Å²) < 4.78 is 17.1. The molecular weight excluding hydrogens is 192 g/mol. The van der Waals surface area contributed by atoms with Crippen molar-refractivity contribution in [3.05, 3.63) is 12.2 Å². The summed E-state index contributed by atoms with van der Waals surface area (Å²) >= 11 is 0. The van der Waals surface area contributed by atoms with Gasteiger partial charge in [0.1, 0.15) is 6.10 Å². The summed E-state index contributed by atoms with van der Waals surface area (Å²) in [6, 6.07) is 0. The second-order valence-corrected chi connectivity index (χ2v) is 4.11. The molecule has 3 nitrogen and oxygen atoms in total. The van der Waals surface area contributed by atoms with Crippen molar-refractivity contribution in [2.24, 2.45) is 0 Å². The van der Waals surface area contributed by atoms with Crippen LogP contribution in [0, 0.1) is 0 Å². The minimum absolute atomic E-state index is 0.144. The van der Waals surface area contributed by atoms with Gasteiger partial charge in [0.2, 0.25) is 0 Å². The Morgan fingerprint density at radius 2 is 1.93 bits per heavy atom. The predicted octanol–water partition coefficient (Wildman–Crippen LogP) is 1.92. The van der Waals surface area contributed by atoms with Gasteiger partial charge in [0.15, 0.2) is 0 Å². The highest BCUT2D eigenvalue weighted by Crippen LogP contribution is 2.18. The van der Waals surface area contributed by atoms with Gasteiger partial charge in [0, 0.05) is 13.2 Å². The molecule has 86 valence electrons. The first-order chi connectivity index (χ1) is 7.47. The van der Waals surface area contributed by atoms with Gasteiger partial charge in [-0.1, -0.05) is 12.2 Å². The number of hydrogen-bond donors (Lipinski definition) is 0. The van der Waals surface area contributed by atoms with Crippen LogP contribution in [0.3, 0.4) is 0 Å². The fourth-order valence-electron chi connectivity index (χ4n) is 2.03. The van der Waals surface area contributed by atoms with Gasteiger partial charge in [-0.25, -0.2) is 0 Å². The van der Waals surface area contributed by atoms with Crippen LogP contribution in [0.1, 0.15) is 25.7 Å². The van der Waals surface area contributed by atoms with Gasteiger partial charge in [-0.3, -0.25) is 0 Å². The maximum atomic E-state index is 5.79. The molecule has 2 atom stereocenters. The highest BCUT2D eigenvalue weighted by atomic mass is 16.6. The number of ether oxygens (including phenoxy) is 3. The molecule has 2 aliphatic heterocycles. The highest BCUT2D eigenvalue weighted by Gasteiger charge is 2.26. The van der Waals surface area contributed by atoms with E-state index in [1.807, 2.05) is 0 Å². The van der Waals surface area contributed by atoms with E-state index in [1.54, 1.807) is 0 Å². The van der Waals surface area contributed by atoms with Crippen molar-refractivity contribution in [3.8, 4) is 0 Å². The molecule has 3 heteroatoms. The molecule has 0 radical (unpaired) electrons. The Kier molecular flexibility index (Phi) is 4.64. The molecule has 1 fully saturated rings. The zero-order valence-corrected chi connectivity index (χ0v) is 9.19. The quantitative estimate of drug-likeness (QED) is 0.574. The fraction of sp³-hybridized carbons (Fsp3) is 0.833. The number of allylic oxidation sites excluding steroid dienone is 1. The monoisotopic (exact) mass is 212 g/mol. The van der Waals surface area contributed by atoms with Crippen molar-refractivity contribution >= 4 is 0 Å². The third kappa shape index (κ3) is 3.59. The van der Waals surface area contributed by atoms with Gasteiger partial charge in [-0.2, -0.15) is 0 Å². The lowest BCUT2D eigenvalue weighted by Gasteiger charge is -2.31. The van der Waals surface area contributed by atoms with E-state index in [0.717, 1.165) is 38.9 Å². The van der Waals surface area contributed by atoms with E-state index in [9.17, 15) is 0 Å². The van der Waals surface area contributed by atoms with E-state index >= 15 is 0 Å². The molecule has 2 aliphatic rings. The fourth-order valence-corrected chi connectivity index (χ4v) is 2.03. The van der Waals surface area contributed by atoms with Crippen LogP contribution >= 0.6 is 0 Å². The van der Waals surface area contributed by atoms with E-state index in [-0.39, 0.29) is 12.2 Å². The van der Waals surface area contributed by atoms with E-state index in [2.05, 4.69) is 12.2 Å². The van der Waals surface area contributed by atoms with Crippen LogP contribution in [0.2, 0.25) is 0 Å². The Morgan fingerprint density at radius 3 is 2.93 bits per heavy atom. The van der Waals surface area contributed by atoms with Gasteiger partial charge in [-0.05, 0) is 25.7 Å². The minimum atomic E-state index is 0.144. The lowest BCUT2D eigenvalue weighted by atomic mass is 10.1. The summed E-state index contributed by atoms with van der Waals surface area (Å²) in [6.45, 7) is 3.08. The third-order valence-corrected chi connectivity index (χ3v) is 2.89. The molecule has 0 amide bonds. The average molecular weight is 212 g/mol. The summed E-state index contributed by atoms with van der Waals surface area (Å²) in [7, 11) is 0. The van der Waals surface area contributed by atoms with Crippen LogP contribution in [0.4, 0.5) is 0 Å². The van der Waals surface area contributed by atoms with E-state index in [1.165, 1.54) is 0 Å².